The molecule has 0 spiro atoms. The summed E-state index contributed by atoms with van der Waals surface area (Å²) in [7, 11) is 4.90. The molecule has 2 aromatic rings. The van der Waals surface area contributed by atoms with Crippen LogP contribution in [0.3, 0.4) is 0 Å². The van der Waals surface area contributed by atoms with Gasteiger partial charge in [-0.2, -0.15) is 0 Å². The summed E-state index contributed by atoms with van der Waals surface area (Å²) < 4.78 is 21.7. The predicted octanol–water partition coefficient (Wildman–Crippen LogP) is 6.06. The van der Waals surface area contributed by atoms with Crippen molar-refractivity contribution in [3.8, 4) is 23.0 Å². The van der Waals surface area contributed by atoms with E-state index in [1.165, 1.54) is 5.57 Å². The molecule has 0 amide bonds. The van der Waals surface area contributed by atoms with Crippen LogP contribution in [-0.4, -0.2) is 34.5 Å². The molecule has 0 atom stereocenters. The molecule has 0 aromatic heterocycles. The van der Waals surface area contributed by atoms with Crippen LogP contribution in [0.15, 0.2) is 72.4 Å². The van der Waals surface area contributed by atoms with E-state index in [4.69, 9.17) is 24.7 Å². The van der Waals surface area contributed by atoms with E-state index in [-0.39, 0.29) is 0 Å². The minimum Gasteiger partial charge on any atom is -0.493 e. The minimum absolute atomic E-state index is 0.452. The van der Waals surface area contributed by atoms with Crippen molar-refractivity contribution in [1.82, 2.24) is 0 Å². The lowest BCUT2D eigenvalue weighted by molar-refractivity contribution is 0.302. The lowest BCUT2D eigenvalue weighted by Crippen LogP contribution is -2.11. The molecule has 0 fully saturated rings. The fourth-order valence-electron chi connectivity index (χ4n) is 3.23. The van der Waals surface area contributed by atoms with E-state index in [1.807, 2.05) is 48.6 Å². The standard InChI is InChI=1S/C28H35NO4/c1-6-7-22(10-11-24-13-15-26(33-17-16-29)28(20-24)32-5)18-21(2)8-9-23-12-14-25(30-3)27(19-23)31-4/h7-15,19-20H,2,6,16-18,29H2,1,3-5H3/b9-8+,11-10+,22-7-. The first kappa shape index (κ1) is 25.8. The Morgan fingerprint density at radius 1 is 0.848 bits per heavy atom. The second kappa shape index (κ2) is 13.9. The summed E-state index contributed by atoms with van der Waals surface area (Å²) in [6.07, 6.45) is 12.2. The number of hydrogen-bond donors (Lipinski definition) is 1. The highest BCUT2D eigenvalue weighted by molar-refractivity contribution is 5.60. The van der Waals surface area contributed by atoms with Gasteiger partial charge in [0.2, 0.25) is 0 Å². The predicted molar refractivity (Wildman–Crippen MR) is 137 cm³/mol. The second-order valence-electron chi connectivity index (χ2n) is 7.35. The van der Waals surface area contributed by atoms with Gasteiger partial charge in [-0.15, -0.1) is 0 Å². The molecule has 33 heavy (non-hydrogen) atoms. The number of hydrogen-bond acceptors (Lipinski definition) is 5. The molecule has 0 saturated carbocycles. The Balaban J connectivity index is 2.08. The highest BCUT2D eigenvalue weighted by Crippen LogP contribution is 2.30. The first-order chi connectivity index (χ1) is 16.0. The van der Waals surface area contributed by atoms with E-state index in [2.05, 4.69) is 31.7 Å². The molecule has 0 saturated heterocycles. The van der Waals surface area contributed by atoms with Crippen molar-refractivity contribution in [3.05, 3.63) is 83.5 Å². The summed E-state index contributed by atoms with van der Waals surface area (Å²) in [5.74, 6) is 2.80. The van der Waals surface area contributed by atoms with Crippen molar-refractivity contribution >= 4 is 12.2 Å². The molecule has 5 nitrogen and oxygen atoms in total. The Hall–Kier alpha value is -3.44. The molecule has 0 radical (unpaired) electrons. The monoisotopic (exact) mass is 449 g/mol. The summed E-state index contributed by atoms with van der Waals surface area (Å²) >= 11 is 0. The summed E-state index contributed by atoms with van der Waals surface area (Å²) in [6.45, 7) is 7.26. The van der Waals surface area contributed by atoms with Crippen LogP contribution < -0.4 is 24.7 Å². The van der Waals surface area contributed by atoms with Crippen LogP contribution in [0.4, 0.5) is 0 Å². The molecule has 0 heterocycles. The number of ether oxygens (including phenoxy) is 4. The Labute approximate surface area is 197 Å². The van der Waals surface area contributed by atoms with E-state index in [1.54, 1.807) is 21.3 Å². The third-order valence-corrected chi connectivity index (χ3v) is 4.87. The molecule has 5 heteroatoms. The molecule has 0 unspecified atom stereocenters. The van der Waals surface area contributed by atoms with Crippen molar-refractivity contribution in [2.45, 2.75) is 19.8 Å². The molecular weight excluding hydrogens is 414 g/mol. The van der Waals surface area contributed by atoms with Crippen molar-refractivity contribution < 1.29 is 18.9 Å². The maximum Gasteiger partial charge on any atom is 0.161 e. The molecule has 0 aliphatic carbocycles. The third kappa shape index (κ3) is 8.20. The van der Waals surface area contributed by atoms with Crippen LogP contribution >= 0.6 is 0 Å². The third-order valence-electron chi connectivity index (χ3n) is 4.87. The maximum atomic E-state index is 5.62. The molecule has 2 N–H and O–H groups in total. The number of nitrogens with two attached hydrogens (primary N) is 1. The van der Waals surface area contributed by atoms with Crippen LogP contribution in [-0.2, 0) is 0 Å². The molecule has 0 bridgehead atoms. The smallest absolute Gasteiger partial charge is 0.161 e. The highest BCUT2D eigenvalue weighted by Gasteiger charge is 2.05. The van der Waals surface area contributed by atoms with Crippen LogP contribution in [0.2, 0.25) is 0 Å². The Bertz CT molecular complexity index is 1000. The van der Waals surface area contributed by atoms with Crippen molar-refractivity contribution in [2.24, 2.45) is 5.73 Å². The van der Waals surface area contributed by atoms with Gasteiger partial charge in [-0.3, -0.25) is 0 Å². The Morgan fingerprint density at radius 2 is 1.42 bits per heavy atom. The van der Waals surface area contributed by atoms with Gasteiger partial charge >= 0.3 is 0 Å². The SMILES string of the molecule is C=C(/C=C/c1ccc(OC)c(OC)c1)CC(/C=C/c1ccc(OCCN)c(OC)c1)=C\CC. The van der Waals surface area contributed by atoms with Crippen molar-refractivity contribution in [2.75, 3.05) is 34.5 Å². The lowest BCUT2D eigenvalue weighted by Gasteiger charge is -2.10. The van der Waals surface area contributed by atoms with E-state index >= 15 is 0 Å². The Morgan fingerprint density at radius 3 is 2.00 bits per heavy atom. The zero-order chi connectivity index (χ0) is 24.1. The van der Waals surface area contributed by atoms with E-state index in [9.17, 15) is 0 Å². The molecule has 0 aliphatic rings. The number of benzene rings is 2. The average Bonchev–Trinajstić information content (AvgIpc) is 2.84. The second-order valence-corrected chi connectivity index (χ2v) is 7.35. The molecule has 176 valence electrons. The normalized spacial score (nSPS) is 11.7. The van der Waals surface area contributed by atoms with E-state index in [0.29, 0.717) is 36.1 Å². The van der Waals surface area contributed by atoms with Gasteiger partial charge in [-0.25, -0.2) is 0 Å². The number of methoxy groups -OCH3 is 3. The topological polar surface area (TPSA) is 62.9 Å². The van der Waals surface area contributed by atoms with Crippen molar-refractivity contribution in [3.63, 3.8) is 0 Å². The number of allylic oxidation sites excluding steroid dienone is 5. The van der Waals surface area contributed by atoms with Gasteiger partial charge in [-0.05, 0) is 53.8 Å². The summed E-state index contributed by atoms with van der Waals surface area (Å²) in [5, 5.41) is 0. The summed E-state index contributed by atoms with van der Waals surface area (Å²) in [6, 6.07) is 11.7. The summed E-state index contributed by atoms with van der Waals surface area (Å²) in [4.78, 5) is 0. The van der Waals surface area contributed by atoms with Crippen LogP contribution in [0, 0.1) is 0 Å². The zero-order valence-electron chi connectivity index (χ0n) is 20.1. The van der Waals surface area contributed by atoms with Crippen LogP contribution in [0.1, 0.15) is 30.9 Å². The highest BCUT2D eigenvalue weighted by atomic mass is 16.5. The molecule has 0 aliphatic heterocycles. The fraction of sp³-hybridized carbons (Fsp3) is 0.286. The maximum absolute atomic E-state index is 5.62. The minimum atomic E-state index is 0.452. The van der Waals surface area contributed by atoms with Gasteiger partial charge in [0.1, 0.15) is 6.61 Å². The first-order valence-corrected chi connectivity index (χ1v) is 11.0. The number of rotatable bonds is 13. The lowest BCUT2D eigenvalue weighted by atomic mass is 10.0. The largest absolute Gasteiger partial charge is 0.493 e. The fourth-order valence-corrected chi connectivity index (χ4v) is 3.23. The van der Waals surface area contributed by atoms with Gasteiger partial charge < -0.3 is 24.7 Å². The van der Waals surface area contributed by atoms with E-state index < -0.39 is 0 Å². The van der Waals surface area contributed by atoms with Crippen molar-refractivity contribution in [1.29, 1.82) is 0 Å². The Kier molecular flexibility index (Phi) is 10.8. The van der Waals surface area contributed by atoms with Gasteiger partial charge in [0.15, 0.2) is 23.0 Å². The average molecular weight is 450 g/mol. The van der Waals surface area contributed by atoms with Gasteiger partial charge in [0, 0.05) is 6.54 Å². The van der Waals surface area contributed by atoms with Gasteiger partial charge in [0.25, 0.3) is 0 Å². The van der Waals surface area contributed by atoms with Gasteiger partial charge in [0.05, 0.1) is 21.3 Å². The first-order valence-electron chi connectivity index (χ1n) is 11.0. The quantitative estimate of drug-likeness (QED) is 0.377. The molecule has 2 aromatic carbocycles. The van der Waals surface area contributed by atoms with Crippen LogP contribution in [0.25, 0.3) is 12.2 Å². The summed E-state index contributed by atoms with van der Waals surface area (Å²) in [5.41, 5.74) is 9.78. The molecular formula is C28H35NO4. The van der Waals surface area contributed by atoms with E-state index in [0.717, 1.165) is 29.5 Å². The van der Waals surface area contributed by atoms with Gasteiger partial charge in [-0.1, -0.05) is 61.6 Å². The zero-order valence-corrected chi connectivity index (χ0v) is 20.1. The van der Waals surface area contributed by atoms with Crippen LogP contribution in [0.5, 0.6) is 23.0 Å². The molecule has 2 rings (SSSR count).